The summed E-state index contributed by atoms with van der Waals surface area (Å²) >= 11 is 0. The van der Waals surface area contributed by atoms with Crippen LogP contribution < -0.4 is 10.5 Å². The molecule has 0 saturated carbocycles. The molecule has 3 heterocycles. The summed E-state index contributed by atoms with van der Waals surface area (Å²) in [5, 5.41) is 22.7. The van der Waals surface area contributed by atoms with Crippen LogP contribution in [0.2, 0.25) is 0 Å². The van der Waals surface area contributed by atoms with Crippen LogP contribution in [-0.2, 0) is 7.05 Å². The molecule has 0 aliphatic carbocycles. The average Bonchev–Trinajstić information content (AvgIpc) is 2.92. The lowest BCUT2D eigenvalue weighted by atomic mass is 9.95. The van der Waals surface area contributed by atoms with E-state index in [0.717, 1.165) is 5.56 Å². The van der Waals surface area contributed by atoms with Gasteiger partial charge in [0.25, 0.3) is 5.82 Å². The number of phenols is 1. The Bertz CT molecular complexity index is 1640. The fourth-order valence-electron chi connectivity index (χ4n) is 5.05. The maximum Gasteiger partial charge on any atom is 0.361 e. The molecule has 2 aromatic carbocycles. The van der Waals surface area contributed by atoms with Crippen LogP contribution in [0.5, 0.6) is 5.75 Å². The summed E-state index contributed by atoms with van der Waals surface area (Å²) in [4.78, 5) is 35.9. The maximum absolute atomic E-state index is 13.7. The number of nitro groups is 1. The Morgan fingerprint density at radius 3 is 2.39 bits per heavy atom. The number of fused-ring (bicyclic) bond motifs is 1. The van der Waals surface area contributed by atoms with Crippen LogP contribution in [0.25, 0.3) is 15.9 Å². The smallest absolute Gasteiger partial charge is 0.361 e. The fraction of sp³-hybridized carbons (Fsp3) is 0.222. The van der Waals surface area contributed by atoms with Gasteiger partial charge in [0.1, 0.15) is 11.6 Å². The van der Waals surface area contributed by atoms with E-state index in [4.69, 9.17) is 6.57 Å². The predicted octanol–water partition coefficient (Wildman–Crippen LogP) is 4.15. The number of hydrogen-bond acceptors (Lipinski definition) is 7. The first-order chi connectivity index (χ1) is 18.3. The first-order valence-corrected chi connectivity index (χ1v) is 11.9. The van der Waals surface area contributed by atoms with E-state index in [1.54, 1.807) is 35.2 Å². The minimum Gasteiger partial charge on any atom is -0.508 e. The molecule has 1 N–H and O–H groups in total. The summed E-state index contributed by atoms with van der Waals surface area (Å²) in [6, 6.07) is 15.7. The van der Waals surface area contributed by atoms with Crippen LogP contribution in [0.1, 0.15) is 17.2 Å². The van der Waals surface area contributed by atoms with Gasteiger partial charge in [-0.15, -0.1) is 4.98 Å². The number of aromatic hydroxyl groups is 1. The Morgan fingerprint density at radius 1 is 1.08 bits per heavy atom. The zero-order valence-corrected chi connectivity index (χ0v) is 20.4. The van der Waals surface area contributed by atoms with E-state index in [0.29, 0.717) is 37.3 Å². The van der Waals surface area contributed by atoms with Crippen LogP contribution in [-0.4, -0.2) is 50.7 Å². The first-order valence-electron chi connectivity index (χ1n) is 11.9. The summed E-state index contributed by atoms with van der Waals surface area (Å²) < 4.78 is 14.9. The van der Waals surface area contributed by atoms with Gasteiger partial charge in [0.15, 0.2) is 5.69 Å². The van der Waals surface area contributed by atoms with Crippen LogP contribution in [0.3, 0.4) is 0 Å². The molecule has 10 nitrogen and oxygen atoms in total. The maximum atomic E-state index is 13.7. The molecule has 1 aliphatic rings. The molecule has 5 rings (SSSR count). The number of nitrogens with zero attached hydrogens (tertiary/aromatic N) is 6. The Kier molecular flexibility index (Phi) is 6.48. The molecule has 192 valence electrons. The molecule has 0 spiro atoms. The van der Waals surface area contributed by atoms with Gasteiger partial charge in [-0.3, -0.25) is 19.8 Å². The van der Waals surface area contributed by atoms with Crippen LogP contribution in [0.4, 0.5) is 21.6 Å². The van der Waals surface area contributed by atoms with Crippen molar-refractivity contribution in [2.75, 3.05) is 31.1 Å². The molecule has 11 heteroatoms. The molecule has 0 bridgehead atoms. The normalized spacial score (nSPS) is 14.8. The van der Waals surface area contributed by atoms with Crippen molar-refractivity contribution >= 4 is 28.2 Å². The van der Waals surface area contributed by atoms with Crippen molar-refractivity contribution in [2.45, 2.75) is 6.04 Å². The van der Waals surface area contributed by atoms with E-state index < -0.39 is 16.2 Å². The second-order valence-electron chi connectivity index (χ2n) is 9.00. The molecule has 0 radical (unpaired) electrons. The quantitative estimate of drug-likeness (QED) is 0.242. The van der Waals surface area contributed by atoms with Gasteiger partial charge in [-0.25, -0.2) is 4.39 Å². The number of benzene rings is 2. The molecule has 2 aromatic heterocycles. The Labute approximate surface area is 216 Å². The Hall–Kier alpha value is -4.82. The Balaban J connectivity index is 1.56. The van der Waals surface area contributed by atoms with E-state index in [-0.39, 0.29) is 34.6 Å². The third-order valence-electron chi connectivity index (χ3n) is 6.89. The van der Waals surface area contributed by atoms with Crippen molar-refractivity contribution in [2.24, 2.45) is 7.05 Å². The SMILES string of the molecule is [C-]#[N+]c1ccc2c(n1)c(N1CCN(C(c3ccc(F)cc3)c3ccccc3O)CC1)c([N+](=O)[O-])c(=O)n2C. The molecule has 1 unspecified atom stereocenters. The topological polar surface area (TPSA) is 109 Å². The molecule has 0 amide bonds. The van der Waals surface area contributed by atoms with Gasteiger partial charge in [-0.1, -0.05) is 36.9 Å². The Morgan fingerprint density at radius 2 is 1.76 bits per heavy atom. The largest absolute Gasteiger partial charge is 0.508 e. The number of halogens is 1. The standard InChI is InChI=1S/C27H23FN6O4/c1-29-22-12-11-20-23(30-22)25(26(34(37)38)27(36)31(20)2)33-15-13-32(14-16-33)24(17-7-9-18(28)10-8-17)19-5-3-4-6-21(19)35/h3-12,24,35H,13-16H2,2H3. The zero-order valence-electron chi connectivity index (χ0n) is 20.4. The first kappa shape index (κ1) is 24.9. The molecule has 1 saturated heterocycles. The van der Waals surface area contributed by atoms with Crippen molar-refractivity contribution in [1.29, 1.82) is 0 Å². The van der Waals surface area contributed by atoms with Crippen LogP contribution >= 0.6 is 0 Å². The number of aryl methyl sites for hydroxylation is 1. The number of para-hydroxylation sites is 1. The molecule has 4 aromatic rings. The van der Waals surface area contributed by atoms with Gasteiger partial charge in [0, 0.05) is 38.8 Å². The van der Waals surface area contributed by atoms with E-state index >= 15 is 0 Å². The van der Waals surface area contributed by atoms with Gasteiger partial charge in [0.05, 0.1) is 16.5 Å². The van der Waals surface area contributed by atoms with E-state index in [2.05, 4.69) is 14.7 Å². The molecule has 1 atom stereocenters. The molecule has 1 aliphatic heterocycles. The summed E-state index contributed by atoms with van der Waals surface area (Å²) in [6.07, 6.45) is 0. The highest BCUT2D eigenvalue weighted by atomic mass is 19.1. The monoisotopic (exact) mass is 514 g/mol. The van der Waals surface area contributed by atoms with Crippen molar-refractivity contribution in [3.63, 3.8) is 0 Å². The number of rotatable bonds is 5. The van der Waals surface area contributed by atoms with Crippen molar-refractivity contribution in [3.8, 4) is 5.75 Å². The number of pyridine rings is 2. The van der Waals surface area contributed by atoms with Gasteiger partial charge < -0.3 is 19.4 Å². The molecule has 1 fully saturated rings. The molecular formula is C27H23FN6O4. The van der Waals surface area contributed by atoms with Crippen molar-refractivity contribution in [3.05, 3.63) is 109 Å². The van der Waals surface area contributed by atoms with Gasteiger partial charge in [0.2, 0.25) is 5.52 Å². The van der Waals surface area contributed by atoms with Gasteiger partial charge >= 0.3 is 11.2 Å². The number of hydrogen-bond donors (Lipinski definition) is 1. The number of phenolic OH excluding ortho intramolecular Hbond substituents is 1. The number of piperazine rings is 1. The second kappa shape index (κ2) is 9.91. The number of aromatic nitrogens is 2. The van der Waals surface area contributed by atoms with E-state index in [1.165, 1.54) is 29.8 Å². The summed E-state index contributed by atoms with van der Waals surface area (Å²) in [7, 11) is 1.44. The van der Waals surface area contributed by atoms with E-state index in [9.17, 15) is 24.4 Å². The lowest BCUT2D eigenvalue weighted by Crippen LogP contribution is -2.48. The molecular weight excluding hydrogens is 491 g/mol. The average molecular weight is 515 g/mol. The lowest BCUT2D eigenvalue weighted by molar-refractivity contribution is -0.385. The highest BCUT2D eigenvalue weighted by molar-refractivity contribution is 5.94. The van der Waals surface area contributed by atoms with Gasteiger partial charge in [-0.2, -0.15) is 0 Å². The number of anilines is 1. The zero-order chi connectivity index (χ0) is 27.0. The van der Waals surface area contributed by atoms with Crippen LogP contribution in [0, 0.1) is 22.5 Å². The van der Waals surface area contributed by atoms with Crippen molar-refractivity contribution in [1.82, 2.24) is 14.5 Å². The van der Waals surface area contributed by atoms with E-state index in [1.807, 2.05) is 12.1 Å². The highest BCUT2D eigenvalue weighted by Gasteiger charge is 2.35. The lowest BCUT2D eigenvalue weighted by Gasteiger charge is -2.40. The third kappa shape index (κ3) is 4.31. The molecule has 38 heavy (non-hydrogen) atoms. The van der Waals surface area contributed by atoms with Crippen molar-refractivity contribution < 1.29 is 14.4 Å². The van der Waals surface area contributed by atoms with Gasteiger partial charge in [-0.05, 0) is 35.9 Å². The summed E-state index contributed by atoms with van der Waals surface area (Å²) in [6.45, 7) is 8.81. The third-order valence-corrected chi connectivity index (χ3v) is 6.89. The minimum atomic E-state index is -0.754. The fourth-order valence-corrected chi connectivity index (χ4v) is 5.05. The minimum absolute atomic E-state index is 0.0706. The van der Waals surface area contributed by atoms with Crippen LogP contribution in [0.15, 0.2) is 65.5 Å². The summed E-state index contributed by atoms with van der Waals surface area (Å²) in [5.74, 6) is -0.194. The highest BCUT2D eigenvalue weighted by Crippen LogP contribution is 2.38. The summed E-state index contributed by atoms with van der Waals surface area (Å²) in [5.41, 5.74) is 0.810. The predicted molar refractivity (Wildman–Crippen MR) is 140 cm³/mol. The second-order valence-corrected chi connectivity index (χ2v) is 9.00.